The van der Waals surface area contributed by atoms with Crippen molar-refractivity contribution in [3.63, 3.8) is 0 Å². The molecule has 0 spiro atoms. The predicted molar refractivity (Wildman–Crippen MR) is 72.7 cm³/mol. The molecule has 1 heterocycles. The van der Waals surface area contributed by atoms with Gasteiger partial charge in [0.05, 0.1) is 18.2 Å². The topological polar surface area (TPSA) is 110 Å². The number of aromatic nitrogens is 1. The van der Waals surface area contributed by atoms with Gasteiger partial charge in [-0.05, 0) is 12.5 Å². The zero-order valence-electron chi connectivity index (χ0n) is 11.4. The minimum atomic E-state index is -0.592. The number of anilines is 1. The summed E-state index contributed by atoms with van der Waals surface area (Å²) in [6, 6.07) is 3.42. The molecule has 0 aliphatic heterocycles. The molecule has 0 atom stereocenters. The highest BCUT2D eigenvalue weighted by atomic mass is 16.5. The van der Waals surface area contributed by atoms with Crippen LogP contribution in [0.5, 0.6) is 0 Å². The van der Waals surface area contributed by atoms with Crippen LogP contribution in [-0.4, -0.2) is 29.6 Å². The molecule has 0 unspecified atom stereocenters. The Balaban J connectivity index is 2.50. The number of esters is 1. The Kier molecular flexibility index (Phi) is 6.10. The summed E-state index contributed by atoms with van der Waals surface area (Å²) in [7, 11) is 0. The van der Waals surface area contributed by atoms with Crippen molar-refractivity contribution in [2.45, 2.75) is 26.3 Å². The lowest BCUT2D eigenvalue weighted by Gasteiger charge is -2.08. The molecule has 0 saturated carbocycles. The molecule has 1 amide bonds. The van der Waals surface area contributed by atoms with Crippen molar-refractivity contribution in [3.05, 3.63) is 18.0 Å². The highest BCUT2D eigenvalue weighted by Crippen LogP contribution is 2.12. The van der Waals surface area contributed by atoms with Gasteiger partial charge in [-0.1, -0.05) is 6.92 Å². The van der Waals surface area contributed by atoms with E-state index in [1.165, 1.54) is 6.07 Å². The van der Waals surface area contributed by atoms with Gasteiger partial charge >= 0.3 is 5.97 Å². The number of carbonyl (C=O) groups is 2. The molecule has 0 radical (unpaired) electrons. The summed E-state index contributed by atoms with van der Waals surface area (Å²) in [5.74, 6) is -1.03. The lowest BCUT2D eigenvalue weighted by molar-refractivity contribution is -0.124. The number of nitrogens with zero attached hydrogens (tertiary/aromatic N) is 2. The molecule has 0 aromatic carbocycles. The normalized spacial score (nSPS) is 9.80. The van der Waals surface area contributed by atoms with Crippen molar-refractivity contribution in [2.24, 2.45) is 0 Å². The number of nitrogen functional groups attached to an aromatic ring is 1. The second-order valence-corrected chi connectivity index (χ2v) is 4.19. The monoisotopic (exact) mass is 278 g/mol. The quantitative estimate of drug-likeness (QED) is 0.562. The molecule has 0 aliphatic rings. The van der Waals surface area contributed by atoms with Gasteiger partial charge in [-0.2, -0.15) is 5.26 Å². The molecular formula is C13H18N4O3. The second kappa shape index (κ2) is 7.84. The number of hydrogen-bond donors (Lipinski definition) is 2. The SMILES string of the molecule is CCCn1cc(N)cc1C(=O)OCC(=O)NCCC#N. The third-order valence-corrected chi connectivity index (χ3v) is 2.48. The first-order valence-electron chi connectivity index (χ1n) is 6.35. The van der Waals surface area contributed by atoms with E-state index < -0.39 is 11.9 Å². The van der Waals surface area contributed by atoms with Crippen LogP contribution in [0.2, 0.25) is 0 Å². The highest BCUT2D eigenvalue weighted by Gasteiger charge is 2.15. The van der Waals surface area contributed by atoms with Gasteiger partial charge in [0, 0.05) is 19.3 Å². The molecule has 7 heteroatoms. The number of rotatable bonds is 7. The van der Waals surface area contributed by atoms with Crippen molar-refractivity contribution in [2.75, 3.05) is 18.9 Å². The van der Waals surface area contributed by atoms with Gasteiger partial charge < -0.3 is 20.4 Å². The number of hydrogen-bond acceptors (Lipinski definition) is 5. The molecule has 20 heavy (non-hydrogen) atoms. The van der Waals surface area contributed by atoms with Crippen LogP contribution in [0.15, 0.2) is 12.3 Å². The van der Waals surface area contributed by atoms with E-state index in [0.717, 1.165) is 6.42 Å². The highest BCUT2D eigenvalue weighted by molar-refractivity contribution is 5.91. The summed E-state index contributed by atoms with van der Waals surface area (Å²) in [5.41, 5.74) is 6.45. The van der Waals surface area contributed by atoms with Crippen LogP contribution in [-0.2, 0) is 16.1 Å². The molecular weight excluding hydrogens is 260 g/mol. The Labute approximate surface area is 117 Å². The average molecular weight is 278 g/mol. The fraction of sp³-hybridized carbons (Fsp3) is 0.462. The van der Waals surface area contributed by atoms with Gasteiger partial charge in [-0.15, -0.1) is 0 Å². The molecule has 0 bridgehead atoms. The molecule has 1 rings (SSSR count). The van der Waals surface area contributed by atoms with Crippen LogP contribution < -0.4 is 11.1 Å². The van der Waals surface area contributed by atoms with E-state index in [1.54, 1.807) is 10.8 Å². The van der Waals surface area contributed by atoms with E-state index in [4.69, 9.17) is 15.7 Å². The largest absolute Gasteiger partial charge is 0.451 e. The summed E-state index contributed by atoms with van der Waals surface area (Å²) in [5, 5.41) is 10.8. The van der Waals surface area contributed by atoms with Gasteiger partial charge in [0.1, 0.15) is 5.69 Å². The Hall–Kier alpha value is -2.49. The number of amides is 1. The van der Waals surface area contributed by atoms with Crippen LogP contribution in [0.25, 0.3) is 0 Å². The average Bonchev–Trinajstić information content (AvgIpc) is 2.78. The first-order chi connectivity index (χ1) is 9.58. The Morgan fingerprint density at radius 3 is 2.95 bits per heavy atom. The lowest BCUT2D eigenvalue weighted by atomic mass is 10.4. The number of nitrogens with two attached hydrogens (primary N) is 1. The maximum atomic E-state index is 11.9. The van der Waals surface area contributed by atoms with E-state index >= 15 is 0 Å². The Morgan fingerprint density at radius 2 is 2.30 bits per heavy atom. The second-order valence-electron chi connectivity index (χ2n) is 4.19. The van der Waals surface area contributed by atoms with Gasteiger partial charge in [-0.25, -0.2) is 4.79 Å². The number of carbonyl (C=O) groups excluding carboxylic acids is 2. The number of nitrogens with one attached hydrogen (secondary N) is 1. The predicted octanol–water partition coefficient (Wildman–Crippen LogP) is 0.667. The molecule has 0 saturated heterocycles. The third-order valence-electron chi connectivity index (χ3n) is 2.48. The first kappa shape index (κ1) is 15.6. The standard InChI is InChI=1S/C13H18N4O3/c1-2-6-17-8-10(15)7-11(17)13(19)20-9-12(18)16-5-3-4-14/h7-8H,2-3,5-6,9,15H2,1H3,(H,16,18). The minimum absolute atomic E-state index is 0.218. The van der Waals surface area contributed by atoms with Crippen LogP contribution in [0.4, 0.5) is 5.69 Å². The molecule has 1 aromatic heterocycles. The molecule has 1 aromatic rings. The van der Waals surface area contributed by atoms with Gasteiger partial charge in [0.2, 0.25) is 0 Å². The lowest BCUT2D eigenvalue weighted by Crippen LogP contribution is -2.29. The summed E-state index contributed by atoms with van der Waals surface area (Å²) in [6.07, 6.45) is 2.73. The van der Waals surface area contributed by atoms with E-state index in [1.807, 2.05) is 13.0 Å². The van der Waals surface area contributed by atoms with Crippen molar-refractivity contribution < 1.29 is 14.3 Å². The molecule has 3 N–H and O–H groups in total. The van der Waals surface area contributed by atoms with E-state index in [2.05, 4.69) is 5.32 Å². The maximum absolute atomic E-state index is 11.9. The van der Waals surface area contributed by atoms with Crippen molar-refractivity contribution >= 4 is 17.6 Å². The zero-order chi connectivity index (χ0) is 15.0. The minimum Gasteiger partial charge on any atom is -0.451 e. The van der Waals surface area contributed by atoms with E-state index in [0.29, 0.717) is 17.9 Å². The smallest absolute Gasteiger partial charge is 0.355 e. The van der Waals surface area contributed by atoms with E-state index in [9.17, 15) is 9.59 Å². The van der Waals surface area contributed by atoms with Gasteiger partial charge in [-0.3, -0.25) is 4.79 Å². The van der Waals surface area contributed by atoms with Crippen LogP contribution in [0.3, 0.4) is 0 Å². The van der Waals surface area contributed by atoms with Gasteiger partial charge in [0.25, 0.3) is 5.91 Å². The van der Waals surface area contributed by atoms with Crippen LogP contribution >= 0.6 is 0 Å². The number of ether oxygens (including phenoxy) is 1. The van der Waals surface area contributed by atoms with Crippen LogP contribution in [0, 0.1) is 11.3 Å². The van der Waals surface area contributed by atoms with Crippen molar-refractivity contribution in [1.82, 2.24) is 9.88 Å². The zero-order valence-corrected chi connectivity index (χ0v) is 11.4. The fourth-order valence-electron chi connectivity index (χ4n) is 1.64. The Morgan fingerprint density at radius 1 is 1.55 bits per heavy atom. The third kappa shape index (κ3) is 4.65. The fourth-order valence-corrected chi connectivity index (χ4v) is 1.64. The molecule has 0 aliphatic carbocycles. The summed E-state index contributed by atoms with van der Waals surface area (Å²) < 4.78 is 6.61. The van der Waals surface area contributed by atoms with Crippen molar-refractivity contribution in [3.8, 4) is 6.07 Å². The maximum Gasteiger partial charge on any atom is 0.355 e. The summed E-state index contributed by atoms with van der Waals surface area (Å²) >= 11 is 0. The molecule has 0 fully saturated rings. The van der Waals surface area contributed by atoms with E-state index in [-0.39, 0.29) is 19.6 Å². The molecule has 108 valence electrons. The van der Waals surface area contributed by atoms with Gasteiger partial charge in [0.15, 0.2) is 6.61 Å². The Bertz CT molecular complexity index is 516. The first-order valence-corrected chi connectivity index (χ1v) is 6.35. The van der Waals surface area contributed by atoms with Crippen molar-refractivity contribution in [1.29, 1.82) is 5.26 Å². The molecule has 7 nitrogen and oxygen atoms in total. The number of aryl methyl sites for hydroxylation is 1. The summed E-state index contributed by atoms with van der Waals surface area (Å²) in [4.78, 5) is 23.2. The summed E-state index contributed by atoms with van der Waals surface area (Å²) in [6.45, 7) is 2.50. The number of nitriles is 1. The van der Waals surface area contributed by atoms with Crippen LogP contribution in [0.1, 0.15) is 30.3 Å².